The van der Waals surface area contributed by atoms with E-state index in [9.17, 15) is 4.79 Å². The number of nitrogens with zero attached hydrogens (tertiary/aromatic N) is 5. The summed E-state index contributed by atoms with van der Waals surface area (Å²) in [7, 11) is 1.65. The van der Waals surface area contributed by atoms with Crippen LogP contribution < -0.4 is 10.3 Å². The molecule has 3 aromatic carbocycles. The van der Waals surface area contributed by atoms with Crippen LogP contribution >= 0.6 is 0 Å². The number of H-pyrrole nitrogens is 1. The van der Waals surface area contributed by atoms with Gasteiger partial charge in [0, 0.05) is 24.2 Å². The van der Waals surface area contributed by atoms with Crippen molar-refractivity contribution in [3.05, 3.63) is 117 Å². The van der Waals surface area contributed by atoms with Gasteiger partial charge in [0.25, 0.3) is 5.56 Å². The molecule has 0 saturated heterocycles. The lowest BCUT2D eigenvalue weighted by atomic mass is 10.0. The van der Waals surface area contributed by atoms with Gasteiger partial charge < -0.3 is 9.72 Å². The highest BCUT2D eigenvalue weighted by atomic mass is 16.5. The fourth-order valence-corrected chi connectivity index (χ4v) is 4.45. The van der Waals surface area contributed by atoms with Gasteiger partial charge in [-0.05, 0) is 82.2 Å². The van der Waals surface area contributed by atoms with Gasteiger partial charge in [0.05, 0.1) is 20.2 Å². The van der Waals surface area contributed by atoms with Crippen molar-refractivity contribution in [2.75, 3.05) is 7.11 Å². The molecule has 1 N–H and O–H groups in total. The summed E-state index contributed by atoms with van der Waals surface area (Å²) in [6, 6.07) is 24.2. The minimum absolute atomic E-state index is 0.0772. The summed E-state index contributed by atoms with van der Waals surface area (Å²) in [6.45, 7) is 6.29. The summed E-state index contributed by atoms with van der Waals surface area (Å²) in [5.41, 5.74) is 6.07. The smallest absolute Gasteiger partial charge is 0.252 e. The first-order chi connectivity index (χ1) is 18.0. The second kappa shape index (κ2) is 10.8. The summed E-state index contributed by atoms with van der Waals surface area (Å²) >= 11 is 0. The number of aryl methyl sites for hydroxylation is 2. The van der Waals surface area contributed by atoms with Crippen molar-refractivity contribution in [3.8, 4) is 5.75 Å². The molecule has 0 aliphatic carbocycles. The van der Waals surface area contributed by atoms with Crippen molar-refractivity contribution in [2.24, 2.45) is 0 Å². The first-order valence-electron chi connectivity index (χ1n) is 12.3. The van der Waals surface area contributed by atoms with E-state index in [0.717, 1.165) is 39.2 Å². The first-order valence-corrected chi connectivity index (χ1v) is 12.3. The third kappa shape index (κ3) is 5.76. The standard InChI is InChI=1S/C29H30N6O2/c1-20-13-24-15-25(29(36)30-27(24)14-21(20)2)18-34(16-22-7-5-4-6-8-22)19-28-31-32-33-35(28)17-23-9-11-26(37-3)12-10-23/h4-15H,16-19H2,1-3H3,(H,30,36). The monoisotopic (exact) mass is 494 g/mol. The van der Waals surface area contributed by atoms with E-state index in [1.807, 2.05) is 54.6 Å². The Morgan fingerprint density at radius 2 is 1.65 bits per heavy atom. The van der Waals surface area contributed by atoms with Crippen LogP contribution in [-0.2, 0) is 26.2 Å². The highest BCUT2D eigenvalue weighted by molar-refractivity contribution is 5.80. The quantitative estimate of drug-likeness (QED) is 0.327. The second-order valence-electron chi connectivity index (χ2n) is 9.38. The predicted molar refractivity (Wildman–Crippen MR) is 143 cm³/mol. The Morgan fingerprint density at radius 1 is 0.892 bits per heavy atom. The molecule has 0 fully saturated rings. The summed E-state index contributed by atoms with van der Waals surface area (Å²) < 4.78 is 7.06. The van der Waals surface area contributed by atoms with Crippen molar-refractivity contribution in [1.29, 1.82) is 0 Å². The Labute approximate surface area is 215 Å². The Balaban J connectivity index is 1.43. The van der Waals surface area contributed by atoms with Crippen molar-refractivity contribution < 1.29 is 4.74 Å². The number of hydrogen-bond donors (Lipinski definition) is 1. The summed E-state index contributed by atoms with van der Waals surface area (Å²) in [5.74, 6) is 1.54. The largest absolute Gasteiger partial charge is 0.497 e. The molecular formula is C29H30N6O2. The van der Waals surface area contributed by atoms with Gasteiger partial charge >= 0.3 is 0 Å². The second-order valence-corrected chi connectivity index (χ2v) is 9.38. The van der Waals surface area contributed by atoms with Gasteiger partial charge in [-0.15, -0.1) is 5.10 Å². The third-order valence-electron chi connectivity index (χ3n) is 6.64. The number of aromatic nitrogens is 5. The number of aromatic amines is 1. The fraction of sp³-hybridized carbons (Fsp3) is 0.241. The molecule has 37 heavy (non-hydrogen) atoms. The van der Waals surface area contributed by atoms with Crippen LogP contribution in [0.2, 0.25) is 0 Å². The predicted octanol–water partition coefficient (Wildman–Crippen LogP) is 4.39. The van der Waals surface area contributed by atoms with Crippen LogP contribution in [0, 0.1) is 13.8 Å². The summed E-state index contributed by atoms with van der Waals surface area (Å²) in [4.78, 5) is 18.3. The molecule has 2 heterocycles. The maximum absolute atomic E-state index is 13.0. The zero-order valence-electron chi connectivity index (χ0n) is 21.3. The molecule has 188 valence electrons. The molecule has 5 rings (SSSR count). The average molecular weight is 495 g/mol. The molecule has 0 aliphatic rings. The Morgan fingerprint density at radius 3 is 2.41 bits per heavy atom. The van der Waals surface area contributed by atoms with Gasteiger partial charge in [-0.3, -0.25) is 9.69 Å². The fourth-order valence-electron chi connectivity index (χ4n) is 4.45. The number of methoxy groups -OCH3 is 1. The highest BCUT2D eigenvalue weighted by Gasteiger charge is 2.16. The lowest BCUT2D eigenvalue weighted by Gasteiger charge is -2.22. The maximum Gasteiger partial charge on any atom is 0.252 e. The van der Waals surface area contributed by atoms with E-state index in [1.54, 1.807) is 11.8 Å². The lowest BCUT2D eigenvalue weighted by molar-refractivity contribution is 0.236. The molecule has 0 bridgehead atoms. The van der Waals surface area contributed by atoms with Gasteiger partial charge in [0.15, 0.2) is 5.82 Å². The van der Waals surface area contributed by atoms with Gasteiger partial charge in [-0.1, -0.05) is 42.5 Å². The average Bonchev–Trinajstić information content (AvgIpc) is 3.33. The molecular weight excluding hydrogens is 464 g/mol. The van der Waals surface area contributed by atoms with Crippen LogP contribution in [0.4, 0.5) is 0 Å². The van der Waals surface area contributed by atoms with E-state index < -0.39 is 0 Å². The molecule has 0 unspecified atom stereocenters. The normalized spacial score (nSPS) is 11.4. The first kappa shape index (κ1) is 24.4. The summed E-state index contributed by atoms with van der Waals surface area (Å²) in [6.07, 6.45) is 0. The van der Waals surface area contributed by atoms with Crippen molar-refractivity contribution in [3.63, 3.8) is 0 Å². The van der Waals surface area contributed by atoms with Gasteiger partial charge in [-0.25, -0.2) is 4.68 Å². The van der Waals surface area contributed by atoms with E-state index in [0.29, 0.717) is 31.7 Å². The Hall–Kier alpha value is -4.30. The number of fused-ring (bicyclic) bond motifs is 1. The van der Waals surface area contributed by atoms with Crippen molar-refractivity contribution in [2.45, 2.75) is 40.0 Å². The van der Waals surface area contributed by atoms with Crippen LogP contribution in [0.15, 0.2) is 77.6 Å². The lowest BCUT2D eigenvalue weighted by Crippen LogP contribution is -2.28. The maximum atomic E-state index is 13.0. The zero-order valence-corrected chi connectivity index (χ0v) is 21.3. The SMILES string of the molecule is COc1ccc(Cn2nnnc2CN(Cc2ccccc2)Cc2cc3cc(C)c(C)cc3[nH]c2=O)cc1. The van der Waals surface area contributed by atoms with Crippen LogP contribution in [-0.4, -0.2) is 37.2 Å². The van der Waals surface area contributed by atoms with Crippen LogP contribution in [0.1, 0.15) is 33.6 Å². The molecule has 2 aromatic heterocycles. The molecule has 0 saturated carbocycles. The molecule has 0 aliphatic heterocycles. The summed E-state index contributed by atoms with van der Waals surface area (Å²) in [5, 5.41) is 13.5. The number of benzene rings is 3. The third-order valence-corrected chi connectivity index (χ3v) is 6.64. The van der Waals surface area contributed by atoms with Crippen molar-refractivity contribution in [1.82, 2.24) is 30.1 Å². The van der Waals surface area contributed by atoms with Gasteiger partial charge in [0.1, 0.15) is 5.75 Å². The minimum atomic E-state index is -0.0772. The Bertz CT molecular complexity index is 1560. The van der Waals surface area contributed by atoms with Crippen LogP contribution in [0.5, 0.6) is 5.75 Å². The van der Waals surface area contributed by atoms with E-state index in [4.69, 9.17) is 4.74 Å². The Kier molecular flexibility index (Phi) is 7.09. The number of rotatable bonds is 9. The molecule has 8 nitrogen and oxygen atoms in total. The number of hydrogen-bond acceptors (Lipinski definition) is 6. The molecule has 0 atom stereocenters. The van der Waals surface area contributed by atoms with Crippen molar-refractivity contribution >= 4 is 10.9 Å². The molecule has 0 amide bonds. The minimum Gasteiger partial charge on any atom is -0.497 e. The number of tetrazole rings is 1. The zero-order chi connectivity index (χ0) is 25.8. The highest BCUT2D eigenvalue weighted by Crippen LogP contribution is 2.19. The van der Waals surface area contributed by atoms with Gasteiger partial charge in [-0.2, -0.15) is 0 Å². The topological polar surface area (TPSA) is 88.9 Å². The van der Waals surface area contributed by atoms with E-state index in [-0.39, 0.29) is 5.56 Å². The molecule has 0 spiro atoms. The molecule has 5 aromatic rings. The number of ether oxygens (including phenoxy) is 1. The van der Waals surface area contributed by atoms with E-state index in [2.05, 4.69) is 57.5 Å². The van der Waals surface area contributed by atoms with E-state index >= 15 is 0 Å². The van der Waals surface area contributed by atoms with E-state index in [1.165, 1.54) is 5.56 Å². The number of pyridine rings is 1. The van der Waals surface area contributed by atoms with Crippen LogP contribution in [0.25, 0.3) is 10.9 Å². The molecule has 8 heteroatoms. The number of nitrogens with one attached hydrogen (secondary N) is 1. The van der Waals surface area contributed by atoms with Crippen LogP contribution in [0.3, 0.4) is 0 Å². The van der Waals surface area contributed by atoms with Gasteiger partial charge in [0.2, 0.25) is 0 Å². The molecule has 0 radical (unpaired) electrons.